The van der Waals surface area contributed by atoms with Crippen molar-refractivity contribution in [3.8, 4) is 11.4 Å². The molecule has 0 spiro atoms. The van der Waals surface area contributed by atoms with Crippen molar-refractivity contribution in [3.63, 3.8) is 0 Å². The number of amides is 1. The number of thiophene rings is 1. The van der Waals surface area contributed by atoms with Crippen molar-refractivity contribution in [2.75, 3.05) is 31.1 Å². The van der Waals surface area contributed by atoms with E-state index in [0.717, 1.165) is 53.7 Å². The van der Waals surface area contributed by atoms with Gasteiger partial charge in [-0.05, 0) is 30.4 Å². The van der Waals surface area contributed by atoms with Crippen molar-refractivity contribution in [1.82, 2.24) is 14.9 Å². The molecule has 3 heterocycles. The van der Waals surface area contributed by atoms with Crippen LogP contribution in [0.15, 0.2) is 72.1 Å². The Morgan fingerprint density at radius 1 is 0.914 bits per heavy atom. The summed E-state index contributed by atoms with van der Waals surface area (Å²) in [5, 5.41) is 1.96. The van der Waals surface area contributed by atoms with Crippen molar-refractivity contribution < 1.29 is 4.79 Å². The maximum absolute atomic E-state index is 12.9. The van der Waals surface area contributed by atoms with Crippen molar-refractivity contribution in [1.29, 1.82) is 0 Å². The van der Waals surface area contributed by atoms with Gasteiger partial charge < -0.3 is 9.80 Å². The number of nitrogens with zero attached hydrogens (tertiary/aromatic N) is 4. The molecule has 1 amide bonds. The topological polar surface area (TPSA) is 49.3 Å². The summed E-state index contributed by atoms with van der Waals surface area (Å²) in [6.45, 7) is 7.16. The first-order valence-corrected chi connectivity index (χ1v) is 13.1. The number of hydrogen-bond donors (Lipinski definition) is 0. The third-order valence-electron chi connectivity index (χ3n) is 6.54. The second kappa shape index (κ2) is 10.4. The van der Waals surface area contributed by atoms with Crippen LogP contribution in [0.5, 0.6) is 0 Å². The SMILES string of the molecule is CCc1nc(-c2ccccc2)nc(N2CCN(C(=O)c3cccs3)CC2)c1Cc1ccc(C)cc1. The number of benzene rings is 2. The molecule has 5 nitrogen and oxygen atoms in total. The normalized spacial score (nSPS) is 13.8. The zero-order chi connectivity index (χ0) is 24.2. The Labute approximate surface area is 211 Å². The van der Waals surface area contributed by atoms with Crippen LogP contribution in [0.4, 0.5) is 5.82 Å². The van der Waals surface area contributed by atoms with Gasteiger partial charge in [-0.3, -0.25) is 4.79 Å². The summed E-state index contributed by atoms with van der Waals surface area (Å²) in [6.07, 6.45) is 1.63. The van der Waals surface area contributed by atoms with Crippen LogP contribution in [0.1, 0.15) is 39.0 Å². The molecule has 4 aromatic rings. The number of carbonyl (C=O) groups is 1. The summed E-state index contributed by atoms with van der Waals surface area (Å²) < 4.78 is 0. The van der Waals surface area contributed by atoms with E-state index in [1.54, 1.807) is 0 Å². The summed E-state index contributed by atoms with van der Waals surface area (Å²) >= 11 is 1.51. The Balaban J connectivity index is 1.48. The number of hydrogen-bond acceptors (Lipinski definition) is 5. The molecule has 1 saturated heterocycles. The molecule has 1 aliphatic rings. The molecule has 0 N–H and O–H groups in total. The van der Waals surface area contributed by atoms with E-state index in [4.69, 9.17) is 9.97 Å². The molecule has 5 rings (SSSR count). The molecule has 6 heteroatoms. The molecule has 0 bridgehead atoms. The minimum Gasteiger partial charge on any atom is -0.353 e. The Hall–Kier alpha value is -3.51. The van der Waals surface area contributed by atoms with Crippen molar-refractivity contribution in [2.24, 2.45) is 0 Å². The van der Waals surface area contributed by atoms with Crippen LogP contribution in [0.2, 0.25) is 0 Å². The Bertz CT molecular complexity index is 1280. The predicted octanol–water partition coefficient (Wildman–Crippen LogP) is 5.63. The monoisotopic (exact) mass is 482 g/mol. The smallest absolute Gasteiger partial charge is 0.264 e. The standard InChI is InChI=1S/C29H30N4OS/c1-3-25-24(20-22-13-11-21(2)12-14-22)28(31-27(30-25)23-8-5-4-6-9-23)32-15-17-33(18-16-32)29(34)26-10-7-19-35-26/h4-14,19H,3,15-18,20H2,1-2H3. The lowest BCUT2D eigenvalue weighted by Crippen LogP contribution is -2.49. The summed E-state index contributed by atoms with van der Waals surface area (Å²) in [6, 6.07) is 22.8. The first-order valence-electron chi connectivity index (χ1n) is 12.2. The molecule has 0 aliphatic carbocycles. The van der Waals surface area contributed by atoms with Crippen LogP contribution < -0.4 is 4.90 Å². The third kappa shape index (κ3) is 5.13. The summed E-state index contributed by atoms with van der Waals surface area (Å²) in [7, 11) is 0. The van der Waals surface area contributed by atoms with Gasteiger partial charge in [0.1, 0.15) is 5.82 Å². The van der Waals surface area contributed by atoms with Gasteiger partial charge in [-0.25, -0.2) is 9.97 Å². The number of rotatable bonds is 6. The zero-order valence-electron chi connectivity index (χ0n) is 20.3. The van der Waals surface area contributed by atoms with Crippen molar-refractivity contribution >= 4 is 23.1 Å². The van der Waals surface area contributed by atoms with E-state index < -0.39 is 0 Å². The second-order valence-electron chi connectivity index (χ2n) is 8.93. The van der Waals surface area contributed by atoms with Gasteiger partial charge in [0.25, 0.3) is 5.91 Å². The lowest BCUT2D eigenvalue weighted by atomic mass is 10.0. The number of anilines is 1. The van der Waals surface area contributed by atoms with Crippen LogP contribution >= 0.6 is 11.3 Å². The maximum Gasteiger partial charge on any atom is 0.264 e. The summed E-state index contributed by atoms with van der Waals surface area (Å²) in [5.74, 6) is 1.89. The fourth-order valence-electron chi connectivity index (χ4n) is 4.56. The van der Waals surface area contributed by atoms with Gasteiger partial charge in [0.2, 0.25) is 0 Å². The van der Waals surface area contributed by atoms with E-state index in [0.29, 0.717) is 13.1 Å². The van der Waals surface area contributed by atoms with E-state index in [-0.39, 0.29) is 5.91 Å². The fourth-order valence-corrected chi connectivity index (χ4v) is 5.25. The van der Waals surface area contributed by atoms with Crippen LogP contribution in [0, 0.1) is 6.92 Å². The van der Waals surface area contributed by atoms with E-state index in [2.05, 4.69) is 55.1 Å². The lowest BCUT2D eigenvalue weighted by molar-refractivity contribution is 0.0751. The summed E-state index contributed by atoms with van der Waals surface area (Å²) in [4.78, 5) is 28.1. The van der Waals surface area contributed by atoms with E-state index in [1.807, 2.05) is 40.6 Å². The van der Waals surface area contributed by atoms with Crippen LogP contribution in [0.3, 0.4) is 0 Å². The molecule has 178 valence electrons. The average molecular weight is 483 g/mol. The van der Waals surface area contributed by atoms with Crippen molar-refractivity contribution in [2.45, 2.75) is 26.7 Å². The van der Waals surface area contributed by atoms with E-state index in [9.17, 15) is 4.79 Å². The van der Waals surface area contributed by atoms with E-state index in [1.165, 1.54) is 28.0 Å². The maximum atomic E-state index is 12.9. The minimum absolute atomic E-state index is 0.126. The highest BCUT2D eigenvalue weighted by Gasteiger charge is 2.26. The zero-order valence-corrected chi connectivity index (χ0v) is 21.1. The molecule has 0 unspecified atom stereocenters. The molecule has 1 fully saturated rings. The van der Waals surface area contributed by atoms with Crippen LogP contribution in [0.25, 0.3) is 11.4 Å². The van der Waals surface area contributed by atoms with Gasteiger partial charge in [-0.2, -0.15) is 0 Å². The molecule has 2 aromatic heterocycles. The largest absolute Gasteiger partial charge is 0.353 e. The van der Waals surface area contributed by atoms with Gasteiger partial charge in [0.15, 0.2) is 5.82 Å². The van der Waals surface area contributed by atoms with Gasteiger partial charge in [-0.15, -0.1) is 11.3 Å². The van der Waals surface area contributed by atoms with Gasteiger partial charge in [-0.1, -0.05) is 73.2 Å². The fraction of sp³-hybridized carbons (Fsp3) is 0.276. The molecular formula is C29H30N4OS. The molecule has 2 aromatic carbocycles. The van der Waals surface area contributed by atoms with Gasteiger partial charge in [0, 0.05) is 49.4 Å². The number of aryl methyl sites for hydroxylation is 2. The highest BCUT2D eigenvalue weighted by Crippen LogP contribution is 2.29. The minimum atomic E-state index is 0.126. The molecular weight excluding hydrogens is 452 g/mol. The van der Waals surface area contributed by atoms with Crippen LogP contribution in [-0.4, -0.2) is 47.0 Å². The molecule has 0 saturated carbocycles. The molecule has 35 heavy (non-hydrogen) atoms. The number of piperazine rings is 1. The summed E-state index contributed by atoms with van der Waals surface area (Å²) in [5.41, 5.74) is 5.82. The van der Waals surface area contributed by atoms with Crippen LogP contribution in [-0.2, 0) is 12.8 Å². The number of aromatic nitrogens is 2. The lowest BCUT2D eigenvalue weighted by Gasteiger charge is -2.36. The second-order valence-corrected chi connectivity index (χ2v) is 9.88. The highest BCUT2D eigenvalue weighted by molar-refractivity contribution is 7.12. The first kappa shape index (κ1) is 23.2. The Morgan fingerprint density at radius 2 is 1.66 bits per heavy atom. The quantitative estimate of drug-likeness (QED) is 0.357. The first-order chi connectivity index (χ1) is 17.1. The van der Waals surface area contributed by atoms with E-state index >= 15 is 0 Å². The Kier molecular flexibility index (Phi) is 6.91. The van der Waals surface area contributed by atoms with Crippen molar-refractivity contribution in [3.05, 3.63) is 99.4 Å². The molecule has 0 radical (unpaired) electrons. The average Bonchev–Trinajstić information content (AvgIpc) is 3.45. The van der Waals surface area contributed by atoms with Gasteiger partial charge in [0.05, 0.1) is 4.88 Å². The molecule has 1 aliphatic heterocycles. The number of carbonyl (C=O) groups excluding carboxylic acids is 1. The Morgan fingerprint density at radius 3 is 2.31 bits per heavy atom. The third-order valence-corrected chi connectivity index (χ3v) is 7.40. The highest BCUT2D eigenvalue weighted by atomic mass is 32.1. The molecule has 0 atom stereocenters. The van der Waals surface area contributed by atoms with Gasteiger partial charge >= 0.3 is 0 Å². The predicted molar refractivity (Wildman–Crippen MR) is 143 cm³/mol.